The van der Waals surface area contributed by atoms with Gasteiger partial charge in [0.2, 0.25) is 0 Å². The van der Waals surface area contributed by atoms with Crippen LogP contribution in [0.5, 0.6) is 0 Å². The molecule has 1 aliphatic rings. The number of anilines is 1. The molecule has 0 radical (unpaired) electrons. The van der Waals surface area contributed by atoms with Crippen LogP contribution in [-0.2, 0) is 10.0 Å². The zero-order valence-electron chi connectivity index (χ0n) is 20.1. The minimum absolute atomic E-state index is 0.193. The third-order valence-electron chi connectivity index (χ3n) is 7.01. The SMILES string of the molecule is Cc1ccc(S(=O)(=O)n2ccc3c2ncc2nnc([C@@H]4CC[C@H](CNc5ccc(C#N)cn5)C4)n23)cc1. The maximum absolute atomic E-state index is 13.4. The Kier molecular flexibility index (Phi) is 5.61. The number of fused-ring (bicyclic) bond motifs is 3. The molecule has 0 unspecified atom stereocenters. The van der Waals surface area contributed by atoms with Crippen LogP contribution in [0.1, 0.15) is 42.1 Å². The molecular weight excluding hydrogens is 488 g/mol. The molecule has 0 amide bonds. The summed E-state index contributed by atoms with van der Waals surface area (Å²) >= 11 is 0. The summed E-state index contributed by atoms with van der Waals surface area (Å²) in [4.78, 5) is 8.93. The molecule has 0 bridgehead atoms. The van der Waals surface area contributed by atoms with Gasteiger partial charge in [0.15, 0.2) is 11.3 Å². The zero-order chi connectivity index (χ0) is 25.6. The van der Waals surface area contributed by atoms with Crippen LogP contribution in [0.25, 0.3) is 16.8 Å². The number of rotatable bonds is 6. The first-order valence-electron chi connectivity index (χ1n) is 12.1. The van der Waals surface area contributed by atoms with Gasteiger partial charge in [-0.05, 0) is 62.4 Å². The van der Waals surface area contributed by atoms with E-state index in [1.807, 2.05) is 17.4 Å². The summed E-state index contributed by atoms with van der Waals surface area (Å²) in [6.45, 7) is 2.69. The third kappa shape index (κ3) is 4.09. The summed E-state index contributed by atoms with van der Waals surface area (Å²) in [7, 11) is -3.80. The zero-order valence-corrected chi connectivity index (χ0v) is 20.9. The number of hydrogen-bond acceptors (Lipinski definition) is 8. The fourth-order valence-corrected chi connectivity index (χ4v) is 6.34. The molecule has 0 aliphatic heterocycles. The predicted octanol–water partition coefficient (Wildman–Crippen LogP) is 3.89. The molecule has 1 aromatic carbocycles. The van der Waals surface area contributed by atoms with Crippen molar-refractivity contribution in [2.75, 3.05) is 11.9 Å². The minimum atomic E-state index is -3.80. The van der Waals surface area contributed by atoms with Crippen molar-refractivity contribution < 1.29 is 8.42 Å². The quantitative estimate of drug-likeness (QED) is 0.363. The molecule has 0 saturated heterocycles. The highest BCUT2D eigenvalue weighted by atomic mass is 32.2. The van der Waals surface area contributed by atoms with Crippen molar-refractivity contribution in [1.29, 1.82) is 5.26 Å². The van der Waals surface area contributed by atoms with E-state index >= 15 is 0 Å². The highest BCUT2D eigenvalue weighted by Gasteiger charge is 2.30. The Bertz CT molecular complexity index is 1750. The number of nitrogens with zero attached hydrogens (tertiary/aromatic N) is 7. The van der Waals surface area contributed by atoms with Crippen LogP contribution in [0.4, 0.5) is 5.82 Å². The van der Waals surface area contributed by atoms with Crippen LogP contribution in [-0.4, -0.2) is 43.5 Å². The number of nitriles is 1. The number of nitrogens with one attached hydrogen (secondary N) is 1. The normalized spacial score (nSPS) is 17.8. The van der Waals surface area contributed by atoms with Gasteiger partial charge in [-0.15, -0.1) is 10.2 Å². The number of pyridine rings is 1. The van der Waals surface area contributed by atoms with Gasteiger partial charge < -0.3 is 5.32 Å². The highest BCUT2D eigenvalue weighted by Crippen LogP contribution is 2.38. The Morgan fingerprint density at radius 2 is 1.89 bits per heavy atom. The molecule has 1 fully saturated rings. The van der Waals surface area contributed by atoms with Gasteiger partial charge in [-0.2, -0.15) is 5.26 Å². The fraction of sp³-hybridized carbons (Fsp3) is 0.269. The molecule has 4 heterocycles. The summed E-state index contributed by atoms with van der Waals surface area (Å²) in [5.74, 6) is 2.20. The van der Waals surface area contributed by atoms with Crippen LogP contribution >= 0.6 is 0 Å². The second-order valence-electron chi connectivity index (χ2n) is 9.45. The first kappa shape index (κ1) is 23.1. The van der Waals surface area contributed by atoms with Gasteiger partial charge in [0.25, 0.3) is 10.0 Å². The Labute approximate surface area is 213 Å². The van der Waals surface area contributed by atoms with Crippen molar-refractivity contribution in [2.24, 2.45) is 5.92 Å². The monoisotopic (exact) mass is 512 g/mol. The lowest BCUT2D eigenvalue weighted by Gasteiger charge is -2.12. The van der Waals surface area contributed by atoms with Gasteiger partial charge in [-0.1, -0.05) is 17.7 Å². The molecule has 1 N–H and O–H groups in total. The van der Waals surface area contributed by atoms with Gasteiger partial charge >= 0.3 is 0 Å². The molecule has 2 atom stereocenters. The first-order chi connectivity index (χ1) is 17.9. The average molecular weight is 513 g/mol. The van der Waals surface area contributed by atoms with Crippen LogP contribution in [0.3, 0.4) is 0 Å². The smallest absolute Gasteiger partial charge is 0.269 e. The van der Waals surface area contributed by atoms with Crippen molar-refractivity contribution in [3.63, 3.8) is 0 Å². The van der Waals surface area contributed by atoms with E-state index in [9.17, 15) is 8.42 Å². The first-order valence-corrected chi connectivity index (χ1v) is 13.5. The lowest BCUT2D eigenvalue weighted by molar-refractivity contribution is 0.558. The molecule has 186 valence electrons. The van der Waals surface area contributed by atoms with Crippen LogP contribution < -0.4 is 5.32 Å². The predicted molar refractivity (Wildman–Crippen MR) is 138 cm³/mol. The number of aromatic nitrogens is 6. The van der Waals surface area contributed by atoms with E-state index < -0.39 is 10.0 Å². The fourth-order valence-electron chi connectivity index (χ4n) is 5.04. The van der Waals surface area contributed by atoms with Crippen molar-refractivity contribution in [3.8, 4) is 6.07 Å². The summed E-state index contributed by atoms with van der Waals surface area (Å²) in [5, 5.41) is 21.1. The van der Waals surface area contributed by atoms with E-state index in [0.717, 1.165) is 43.0 Å². The molecule has 0 spiro atoms. The van der Waals surface area contributed by atoms with Crippen molar-refractivity contribution in [1.82, 2.24) is 28.5 Å². The second-order valence-corrected chi connectivity index (χ2v) is 11.3. The summed E-state index contributed by atoms with van der Waals surface area (Å²) in [6.07, 6.45) is 7.59. The molecule has 10 nitrogen and oxygen atoms in total. The maximum atomic E-state index is 13.4. The van der Waals surface area contributed by atoms with Gasteiger partial charge in [0, 0.05) is 24.9 Å². The summed E-state index contributed by atoms with van der Waals surface area (Å²) in [6, 6.07) is 14.2. The molecule has 1 saturated carbocycles. The van der Waals surface area contributed by atoms with Crippen LogP contribution in [0, 0.1) is 24.2 Å². The summed E-state index contributed by atoms with van der Waals surface area (Å²) < 4.78 is 29.9. The molecule has 1 aliphatic carbocycles. The Morgan fingerprint density at radius 3 is 2.65 bits per heavy atom. The van der Waals surface area contributed by atoms with Crippen LogP contribution in [0.15, 0.2) is 66.0 Å². The van der Waals surface area contributed by atoms with E-state index in [1.165, 1.54) is 3.97 Å². The molecule has 11 heteroatoms. The van der Waals surface area contributed by atoms with E-state index in [1.54, 1.807) is 55.0 Å². The Hall–Kier alpha value is -4.30. The second kappa shape index (κ2) is 8.97. The number of benzene rings is 1. The van der Waals surface area contributed by atoms with Gasteiger partial charge in [0.1, 0.15) is 17.7 Å². The van der Waals surface area contributed by atoms with E-state index in [4.69, 9.17) is 5.26 Å². The maximum Gasteiger partial charge on any atom is 0.269 e. The van der Waals surface area contributed by atoms with Gasteiger partial charge in [-0.3, -0.25) is 4.40 Å². The summed E-state index contributed by atoms with van der Waals surface area (Å²) in [5.41, 5.74) is 3.13. The topological polar surface area (TPSA) is 131 Å². The molecule has 37 heavy (non-hydrogen) atoms. The molecule has 5 aromatic rings. The lowest BCUT2D eigenvalue weighted by atomic mass is 10.0. The van der Waals surface area contributed by atoms with Crippen molar-refractivity contribution in [2.45, 2.75) is 37.0 Å². The average Bonchev–Trinajstić information content (AvgIpc) is 3.65. The number of aryl methyl sites for hydroxylation is 1. The van der Waals surface area contributed by atoms with E-state index in [2.05, 4.69) is 31.6 Å². The number of hydrogen-bond donors (Lipinski definition) is 1. The molecule has 6 rings (SSSR count). The third-order valence-corrected chi connectivity index (χ3v) is 8.69. The Balaban J connectivity index is 1.27. The van der Waals surface area contributed by atoms with E-state index in [0.29, 0.717) is 28.3 Å². The standard InChI is InChI=1S/C26H24N8O2S/c1-17-2-7-21(8-3-17)37(35,36)33-11-10-22-26(33)30-16-24-31-32-25(34(22)24)20-6-4-18(12-20)14-28-23-9-5-19(13-27)15-29-23/h2-3,5,7-11,15-16,18,20H,4,6,12,14H2,1H3,(H,28,29)/t18-,20+/m0/s1. The lowest BCUT2D eigenvalue weighted by Crippen LogP contribution is -2.13. The molecular formula is C26H24N8O2S. The molecule has 4 aromatic heterocycles. The van der Waals surface area contributed by atoms with Gasteiger partial charge in [0.05, 0.1) is 22.2 Å². The highest BCUT2D eigenvalue weighted by molar-refractivity contribution is 7.90. The largest absolute Gasteiger partial charge is 0.370 e. The minimum Gasteiger partial charge on any atom is -0.370 e. The van der Waals surface area contributed by atoms with Gasteiger partial charge in [-0.25, -0.2) is 22.4 Å². The van der Waals surface area contributed by atoms with Crippen LogP contribution in [0.2, 0.25) is 0 Å². The van der Waals surface area contributed by atoms with Crippen molar-refractivity contribution in [3.05, 3.63) is 78.0 Å². The van der Waals surface area contributed by atoms with Crippen molar-refractivity contribution >= 4 is 32.7 Å². The Morgan fingerprint density at radius 1 is 1.05 bits per heavy atom. The van der Waals surface area contributed by atoms with E-state index in [-0.39, 0.29) is 10.8 Å².